The molecule has 1 aromatic heterocycles. The molecule has 0 fully saturated rings. The third-order valence-corrected chi connectivity index (χ3v) is 4.44. The van der Waals surface area contributed by atoms with E-state index >= 15 is 0 Å². The molecule has 0 aliphatic carbocycles. The average molecular weight is 333 g/mol. The van der Waals surface area contributed by atoms with Gasteiger partial charge in [0.15, 0.2) is 16.6 Å². The first kappa shape index (κ1) is 15.4. The lowest BCUT2D eigenvalue weighted by Gasteiger charge is -2.12. The van der Waals surface area contributed by atoms with Gasteiger partial charge in [-0.05, 0) is 43.7 Å². The molecule has 2 N–H and O–H groups in total. The first-order valence-corrected chi connectivity index (χ1v) is 8.34. The summed E-state index contributed by atoms with van der Waals surface area (Å²) in [6, 6.07) is 10.9. The third kappa shape index (κ3) is 2.48. The fourth-order valence-corrected chi connectivity index (χ4v) is 3.23. The average Bonchev–Trinajstić information content (AvgIpc) is 2.60. The van der Waals surface area contributed by atoms with Crippen LogP contribution in [0.2, 0.25) is 0 Å². The quantitative estimate of drug-likeness (QED) is 0.433. The van der Waals surface area contributed by atoms with E-state index in [0.717, 1.165) is 39.8 Å². The number of aromatic nitrogens is 1. The van der Waals surface area contributed by atoms with E-state index in [9.17, 15) is 4.79 Å². The van der Waals surface area contributed by atoms with E-state index in [4.69, 9.17) is 9.40 Å². The zero-order chi connectivity index (χ0) is 17.6. The molecule has 0 unspecified atom stereocenters. The van der Waals surface area contributed by atoms with Gasteiger partial charge in [0.1, 0.15) is 11.0 Å². The SMILES string of the molecule is CCNc1cc2oc3cc(NC)c4ccc(=O)cc4c3nc2cc1C. The van der Waals surface area contributed by atoms with Gasteiger partial charge in [0, 0.05) is 47.9 Å². The second-order valence-corrected chi connectivity index (χ2v) is 6.11. The molecule has 4 rings (SSSR count). The summed E-state index contributed by atoms with van der Waals surface area (Å²) in [5.41, 5.74) is 5.87. The Morgan fingerprint density at radius 2 is 1.84 bits per heavy atom. The molecule has 0 saturated heterocycles. The lowest BCUT2D eigenvalue weighted by molar-refractivity contribution is 0.657. The van der Waals surface area contributed by atoms with Crippen molar-refractivity contribution in [3.63, 3.8) is 0 Å². The maximum Gasteiger partial charge on any atom is 0.179 e. The lowest BCUT2D eigenvalue weighted by atomic mass is 10.1. The number of fused-ring (bicyclic) bond motifs is 4. The molecule has 4 aromatic rings. The molecule has 25 heavy (non-hydrogen) atoms. The van der Waals surface area contributed by atoms with Crippen LogP contribution in [0.5, 0.6) is 0 Å². The molecule has 0 amide bonds. The zero-order valence-electron chi connectivity index (χ0n) is 14.4. The predicted molar refractivity (Wildman–Crippen MR) is 104 cm³/mol. The molecule has 0 bridgehead atoms. The van der Waals surface area contributed by atoms with Gasteiger partial charge in [0.25, 0.3) is 0 Å². The fraction of sp³-hybridized carbons (Fsp3) is 0.200. The molecule has 0 spiro atoms. The monoisotopic (exact) mass is 333 g/mol. The number of hydrogen-bond donors (Lipinski definition) is 2. The number of benzene rings is 3. The Labute approximate surface area is 144 Å². The smallest absolute Gasteiger partial charge is 0.179 e. The Morgan fingerprint density at radius 1 is 1.04 bits per heavy atom. The van der Waals surface area contributed by atoms with Gasteiger partial charge in [-0.2, -0.15) is 0 Å². The van der Waals surface area contributed by atoms with Gasteiger partial charge in [-0.1, -0.05) is 0 Å². The third-order valence-electron chi connectivity index (χ3n) is 4.44. The lowest BCUT2D eigenvalue weighted by Crippen LogP contribution is -2.00. The van der Waals surface area contributed by atoms with Crippen molar-refractivity contribution in [2.45, 2.75) is 13.8 Å². The highest BCUT2D eigenvalue weighted by molar-refractivity contribution is 6.10. The van der Waals surface area contributed by atoms with Crippen molar-refractivity contribution in [2.24, 2.45) is 0 Å². The summed E-state index contributed by atoms with van der Waals surface area (Å²) in [4.78, 5) is 16.7. The topological polar surface area (TPSA) is 67.2 Å². The van der Waals surface area contributed by atoms with Crippen LogP contribution in [0.1, 0.15) is 12.5 Å². The molecular formula is C20H19N3O2. The van der Waals surface area contributed by atoms with Crippen LogP contribution < -0.4 is 16.1 Å². The number of nitrogens with one attached hydrogen (secondary N) is 2. The highest BCUT2D eigenvalue weighted by Gasteiger charge is 2.12. The van der Waals surface area contributed by atoms with Crippen LogP contribution in [0, 0.1) is 6.92 Å². The molecule has 3 aromatic carbocycles. The van der Waals surface area contributed by atoms with Crippen molar-refractivity contribution >= 4 is 44.3 Å². The number of anilines is 2. The first-order valence-electron chi connectivity index (χ1n) is 8.34. The molecule has 5 heteroatoms. The highest BCUT2D eigenvalue weighted by atomic mass is 16.3. The van der Waals surface area contributed by atoms with Crippen LogP contribution in [0.4, 0.5) is 11.4 Å². The van der Waals surface area contributed by atoms with E-state index in [-0.39, 0.29) is 5.43 Å². The van der Waals surface area contributed by atoms with Gasteiger partial charge >= 0.3 is 0 Å². The van der Waals surface area contributed by atoms with E-state index in [1.54, 1.807) is 12.1 Å². The summed E-state index contributed by atoms with van der Waals surface area (Å²) in [6.07, 6.45) is 0. The molecule has 0 atom stereocenters. The molecular weight excluding hydrogens is 314 g/mol. The van der Waals surface area contributed by atoms with Crippen molar-refractivity contribution in [1.29, 1.82) is 0 Å². The Hall–Kier alpha value is -3.08. The summed E-state index contributed by atoms with van der Waals surface area (Å²) in [5.74, 6) is 0. The van der Waals surface area contributed by atoms with Crippen LogP contribution in [0.15, 0.2) is 45.6 Å². The van der Waals surface area contributed by atoms with E-state index in [1.165, 1.54) is 0 Å². The molecule has 0 aliphatic rings. The number of rotatable bonds is 3. The molecule has 0 saturated carbocycles. The van der Waals surface area contributed by atoms with Gasteiger partial charge in [-0.25, -0.2) is 4.98 Å². The Kier molecular flexibility index (Phi) is 3.57. The minimum absolute atomic E-state index is 0.0392. The van der Waals surface area contributed by atoms with Crippen molar-refractivity contribution in [2.75, 3.05) is 24.2 Å². The van der Waals surface area contributed by atoms with Crippen LogP contribution in [-0.2, 0) is 0 Å². The van der Waals surface area contributed by atoms with E-state index in [0.29, 0.717) is 16.7 Å². The summed E-state index contributed by atoms with van der Waals surface area (Å²) in [5, 5.41) is 8.26. The summed E-state index contributed by atoms with van der Waals surface area (Å²) in [6.45, 7) is 4.95. The highest BCUT2D eigenvalue weighted by Crippen LogP contribution is 2.33. The van der Waals surface area contributed by atoms with Crippen LogP contribution in [0.3, 0.4) is 0 Å². The molecule has 5 nitrogen and oxygen atoms in total. The Morgan fingerprint density at radius 3 is 2.60 bits per heavy atom. The van der Waals surface area contributed by atoms with Crippen molar-refractivity contribution in [3.05, 3.63) is 52.2 Å². The summed E-state index contributed by atoms with van der Waals surface area (Å²) >= 11 is 0. The Bertz CT molecular complexity index is 1180. The molecule has 126 valence electrons. The maximum atomic E-state index is 11.9. The second kappa shape index (κ2) is 5.77. The largest absolute Gasteiger partial charge is 0.453 e. The second-order valence-electron chi connectivity index (χ2n) is 6.11. The number of aryl methyl sites for hydroxylation is 1. The number of hydrogen-bond acceptors (Lipinski definition) is 5. The van der Waals surface area contributed by atoms with Crippen molar-refractivity contribution < 1.29 is 4.42 Å². The first-order chi connectivity index (χ1) is 12.1. The molecule has 0 aliphatic heterocycles. The standard InChI is InChI=1S/C20H19N3O2/c1-4-22-15-9-18-17(7-11(15)2)23-20-14-8-12(24)5-6-13(14)16(21-3)10-19(20)25-18/h5-10,21-22H,4H2,1-3H3. The minimum atomic E-state index is -0.0392. The predicted octanol–water partition coefficient (Wildman–Crippen LogP) is 4.28. The van der Waals surface area contributed by atoms with Gasteiger partial charge < -0.3 is 15.1 Å². The van der Waals surface area contributed by atoms with Crippen molar-refractivity contribution in [1.82, 2.24) is 4.98 Å². The Balaban J connectivity index is 2.13. The van der Waals surface area contributed by atoms with Gasteiger partial charge in [-0.3, -0.25) is 4.79 Å². The maximum absolute atomic E-state index is 11.9. The zero-order valence-corrected chi connectivity index (χ0v) is 14.4. The van der Waals surface area contributed by atoms with Gasteiger partial charge in [0.05, 0.1) is 0 Å². The van der Waals surface area contributed by atoms with Gasteiger partial charge in [0.2, 0.25) is 0 Å². The minimum Gasteiger partial charge on any atom is -0.453 e. The van der Waals surface area contributed by atoms with E-state index < -0.39 is 0 Å². The molecule has 1 heterocycles. The fourth-order valence-electron chi connectivity index (χ4n) is 3.23. The van der Waals surface area contributed by atoms with E-state index in [1.807, 2.05) is 38.2 Å². The van der Waals surface area contributed by atoms with Gasteiger partial charge in [-0.15, -0.1) is 0 Å². The van der Waals surface area contributed by atoms with Crippen LogP contribution in [0.25, 0.3) is 33.0 Å². The van der Waals surface area contributed by atoms with Crippen LogP contribution in [-0.4, -0.2) is 18.6 Å². The summed E-state index contributed by atoms with van der Waals surface area (Å²) < 4.78 is 6.13. The number of nitrogens with zero attached hydrogens (tertiary/aromatic N) is 1. The van der Waals surface area contributed by atoms with E-state index in [2.05, 4.69) is 17.6 Å². The van der Waals surface area contributed by atoms with Crippen LogP contribution >= 0.6 is 0 Å². The molecule has 0 radical (unpaired) electrons. The normalized spacial score (nSPS) is 11.3. The van der Waals surface area contributed by atoms with Crippen molar-refractivity contribution in [3.8, 4) is 0 Å². The summed E-state index contributed by atoms with van der Waals surface area (Å²) in [7, 11) is 1.85.